The molecule has 0 aromatic heterocycles. The maximum Gasteiger partial charge on any atom is 0.338 e. The minimum atomic E-state index is -0.322. The first-order valence-electron chi connectivity index (χ1n) is 6.09. The number of para-hydroxylation sites is 1. The Hall–Kier alpha value is -2.33. The molecule has 2 aromatic carbocycles. The van der Waals surface area contributed by atoms with Crippen LogP contribution in [0.15, 0.2) is 54.6 Å². The van der Waals surface area contributed by atoms with E-state index in [2.05, 4.69) is 0 Å². The summed E-state index contributed by atoms with van der Waals surface area (Å²) in [6.45, 7) is 2.15. The number of hydrazine groups is 1. The Morgan fingerprint density at radius 3 is 2.21 bits per heavy atom. The van der Waals surface area contributed by atoms with E-state index in [1.807, 2.05) is 30.3 Å². The molecule has 0 spiro atoms. The zero-order valence-electron chi connectivity index (χ0n) is 10.7. The van der Waals surface area contributed by atoms with E-state index in [1.54, 1.807) is 36.2 Å². The van der Waals surface area contributed by atoms with Crippen molar-refractivity contribution in [2.75, 3.05) is 11.6 Å². The van der Waals surface area contributed by atoms with Crippen LogP contribution in [0.2, 0.25) is 0 Å². The van der Waals surface area contributed by atoms with Crippen molar-refractivity contribution in [3.05, 3.63) is 60.2 Å². The Labute approximate surface area is 112 Å². The normalized spacial score (nSPS) is 10.0. The molecule has 19 heavy (non-hydrogen) atoms. The van der Waals surface area contributed by atoms with Gasteiger partial charge in [0.05, 0.1) is 23.5 Å². The third-order valence-corrected chi connectivity index (χ3v) is 2.69. The first-order valence-corrected chi connectivity index (χ1v) is 6.09. The molecule has 0 aliphatic heterocycles. The number of esters is 1. The molecule has 4 heteroatoms. The van der Waals surface area contributed by atoms with Gasteiger partial charge in [-0.3, -0.25) is 5.01 Å². The van der Waals surface area contributed by atoms with Gasteiger partial charge in [0.2, 0.25) is 0 Å². The quantitative estimate of drug-likeness (QED) is 0.519. The van der Waals surface area contributed by atoms with Gasteiger partial charge < -0.3 is 4.74 Å². The van der Waals surface area contributed by atoms with Crippen molar-refractivity contribution in [2.45, 2.75) is 6.92 Å². The van der Waals surface area contributed by atoms with Crippen LogP contribution < -0.4 is 10.9 Å². The summed E-state index contributed by atoms with van der Waals surface area (Å²) in [4.78, 5) is 11.5. The molecule has 0 heterocycles. The fourth-order valence-electron chi connectivity index (χ4n) is 1.71. The standard InChI is InChI=1S/C15H16N2O2/c1-2-19-15(18)12-8-10-14(11-9-12)17(16)13-6-4-3-5-7-13/h3-11H,2,16H2,1H3. The average molecular weight is 256 g/mol. The summed E-state index contributed by atoms with van der Waals surface area (Å²) >= 11 is 0. The van der Waals surface area contributed by atoms with Crippen LogP contribution in [0.5, 0.6) is 0 Å². The fourth-order valence-corrected chi connectivity index (χ4v) is 1.71. The highest BCUT2D eigenvalue weighted by atomic mass is 16.5. The number of nitrogens with zero attached hydrogens (tertiary/aromatic N) is 1. The molecule has 2 N–H and O–H groups in total. The van der Waals surface area contributed by atoms with Gasteiger partial charge in [-0.15, -0.1) is 0 Å². The highest BCUT2D eigenvalue weighted by Gasteiger charge is 2.08. The van der Waals surface area contributed by atoms with E-state index in [-0.39, 0.29) is 5.97 Å². The molecular weight excluding hydrogens is 240 g/mol. The number of rotatable bonds is 4. The van der Waals surface area contributed by atoms with Crippen LogP contribution >= 0.6 is 0 Å². The number of carbonyl (C=O) groups excluding carboxylic acids is 1. The first kappa shape index (κ1) is 13.1. The van der Waals surface area contributed by atoms with E-state index in [0.29, 0.717) is 12.2 Å². The minimum Gasteiger partial charge on any atom is -0.462 e. The fraction of sp³-hybridized carbons (Fsp3) is 0.133. The van der Waals surface area contributed by atoms with Gasteiger partial charge in [-0.1, -0.05) is 18.2 Å². The lowest BCUT2D eigenvalue weighted by atomic mass is 10.2. The van der Waals surface area contributed by atoms with Gasteiger partial charge in [0, 0.05) is 0 Å². The summed E-state index contributed by atoms with van der Waals surface area (Å²) in [5, 5.41) is 1.56. The van der Waals surface area contributed by atoms with Crippen LogP contribution in [0.3, 0.4) is 0 Å². The lowest BCUT2D eigenvalue weighted by Gasteiger charge is -2.18. The molecule has 2 rings (SSSR count). The van der Waals surface area contributed by atoms with Gasteiger partial charge in [-0.05, 0) is 43.3 Å². The molecule has 0 amide bonds. The molecule has 0 saturated carbocycles. The summed E-state index contributed by atoms with van der Waals surface area (Å²) in [5.74, 6) is 5.70. The second kappa shape index (κ2) is 6.02. The second-order valence-corrected chi connectivity index (χ2v) is 3.97. The van der Waals surface area contributed by atoms with Crippen LogP contribution in [0.4, 0.5) is 11.4 Å². The smallest absolute Gasteiger partial charge is 0.338 e. The Morgan fingerprint density at radius 2 is 1.63 bits per heavy atom. The monoisotopic (exact) mass is 256 g/mol. The van der Waals surface area contributed by atoms with Crippen LogP contribution in [0, 0.1) is 0 Å². The maximum atomic E-state index is 11.5. The number of hydrogen-bond donors (Lipinski definition) is 1. The zero-order chi connectivity index (χ0) is 13.7. The summed E-state index contributed by atoms with van der Waals surface area (Å²) in [6, 6.07) is 16.6. The lowest BCUT2D eigenvalue weighted by Crippen LogP contribution is -2.24. The van der Waals surface area contributed by atoms with Crippen molar-refractivity contribution in [1.29, 1.82) is 0 Å². The van der Waals surface area contributed by atoms with Crippen molar-refractivity contribution in [1.82, 2.24) is 0 Å². The Morgan fingerprint density at radius 1 is 1.05 bits per heavy atom. The van der Waals surface area contributed by atoms with Gasteiger partial charge in [0.25, 0.3) is 0 Å². The number of anilines is 2. The molecule has 98 valence electrons. The molecule has 0 atom stereocenters. The van der Waals surface area contributed by atoms with Gasteiger partial charge in [-0.25, -0.2) is 10.6 Å². The van der Waals surface area contributed by atoms with E-state index in [0.717, 1.165) is 11.4 Å². The molecule has 0 bridgehead atoms. The topological polar surface area (TPSA) is 55.6 Å². The highest BCUT2D eigenvalue weighted by molar-refractivity contribution is 5.89. The van der Waals surface area contributed by atoms with Crippen LogP contribution in [0.25, 0.3) is 0 Å². The SMILES string of the molecule is CCOC(=O)c1ccc(N(N)c2ccccc2)cc1. The largest absolute Gasteiger partial charge is 0.462 e. The highest BCUT2D eigenvalue weighted by Crippen LogP contribution is 2.21. The Kier molecular flexibility index (Phi) is 4.15. The lowest BCUT2D eigenvalue weighted by molar-refractivity contribution is 0.0526. The molecule has 0 fully saturated rings. The van der Waals surface area contributed by atoms with Crippen LogP contribution in [-0.2, 0) is 4.74 Å². The molecule has 4 nitrogen and oxygen atoms in total. The number of ether oxygens (including phenoxy) is 1. The van der Waals surface area contributed by atoms with Gasteiger partial charge in [0.1, 0.15) is 0 Å². The van der Waals surface area contributed by atoms with E-state index in [9.17, 15) is 4.79 Å². The van der Waals surface area contributed by atoms with Crippen molar-refractivity contribution in [2.24, 2.45) is 5.84 Å². The van der Waals surface area contributed by atoms with Crippen LogP contribution in [-0.4, -0.2) is 12.6 Å². The zero-order valence-corrected chi connectivity index (χ0v) is 10.7. The number of nitrogens with two attached hydrogens (primary N) is 1. The van der Waals surface area contributed by atoms with Crippen molar-refractivity contribution < 1.29 is 9.53 Å². The predicted molar refractivity (Wildman–Crippen MR) is 75.2 cm³/mol. The number of hydrogen-bond acceptors (Lipinski definition) is 4. The number of benzene rings is 2. The number of carbonyl (C=O) groups is 1. The molecule has 2 aromatic rings. The minimum absolute atomic E-state index is 0.322. The summed E-state index contributed by atoms with van der Waals surface area (Å²) in [5.41, 5.74) is 2.21. The second-order valence-electron chi connectivity index (χ2n) is 3.97. The van der Waals surface area contributed by atoms with Crippen molar-refractivity contribution in [3.63, 3.8) is 0 Å². The molecule has 0 radical (unpaired) electrons. The summed E-state index contributed by atoms with van der Waals surface area (Å²) in [6.07, 6.45) is 0. The van der Waals surface area contributed by atoms with Gasteiger partial charge >= 0.3 is 5.97 Å². The van der Waals surface area contributed by atoms with Gasteiger partial charge in [-0.2, -0.15) is 0 Å². The average Bonchev–Trinajstić information content (AvgIpc) is 2.48. The molecular formula is C15H16N2O2. The Bertz CT molecular complexity index is 538. The predicted octanol–water partition coefficient (Wildman–Crippen LogP) is 2.88. The summed E-state index contributed by atoms with van der Waals surface area (Å²) in [7, 11) is 0. The maximum absolute atomic E-state index is 11.5. The molecule has 0 unspecified atom stereocenters. The first-order chi connectivity index (χ1) is 9.22. The van der Waals surface area contributed by atoms with Gasteiger partial charge in [0.15, 0.2) is 0 Å². The molecule has 0 aliphatic rings. The van der Waals surface area contributed by atoms with Crippen molar-refractivity contribution >= 4 is 17.3 Å². The van der Waals surface area contributed by atoms with Crippen molar-refractivity contribution in [3.8, 4) is 0 Å². The molecule has 0 saturated heterocycles. The van der Waals surface area contributed by atoms with E-state index >= 15 is 0 Å². The van der Waals surface area contributed by atoms with E-state index in [4.69, 9.17) is 10.6 Å². The van der Waals surface area contributed by atoms with Crippen LogP contribution in [0.1, 0.15) is 17.3 Å². The third kappa shape index (κ3) is 3.11. The molecule has 0 aliphatic carbocycles. The third-order valence-electron chi connectivity index (χ3n) is 2.69. The summed E-state index contributed by atoms with van der Waals surface area (Å²) < 4.78 is 4.93. The van der Waals surface area contributed by atoms with E-state index in [1.165, 1.54) is 0 Å². The van der Waals surface area contributed by atoms with E-state index < -0.39 is 0 Å². The Balaban J connectivity index is 2.16.